The second-order valence-electron chi connectivity index (χ2n) is 7.77. The molecule has 1 N–H and O–H groups in total. The zero-order chi connectivity index (χ0) is 18.6. The van der Waals surface area contributed by atoms with Gasteiger partial charge in [-0.3, -0.25) is 0 Å². The van der Waals surface area contributed by atoms with Crippen molar-refractivity contribution in [3.63, 3.8) is 0 Å². The number of likely N-dealkylation sites (tertiary alicyclic amines) is 1. The minimum Gasteiger partial charge on any atom is -0.334 e. The first kappa shape index (κ1) is 18.0. The fourth-order valence-electron chi connectivity index (χ4n) is 4.09. The number of hydrogen-bond donors (Lipinski definition) is 1. The molecule has 6 heteroatoms. The van der Waals surface area contributed by atoms with Crippen LogP contribution in [0, 0.1) is 11.7 Å². The van der Waals surface area contributed by atoms with E-state index in [2.05, 4.69) is 21.1 Å². The van der Waals surface area contributed by atoms with Crippen LogP contribution in [0.2, 0.25) is 0 Å². The molecule has 1 aromatic heterocycles. The summed E-state index contributed by atoms with van der Waals surface area (Å²) in [5.74, 6) is 1.87. The van der Waals surface area contributed by atoms with Gasteiger partial charge in [0.2, 0.25) is 0 Å². The highest BCUT2D eigenvalue weighted by molar-refractivity contribution is 5.74. The number of carbonyl (C=O) groups is 1. The lowest BCUT2D eigenvalue weighted by Crippen LogP contribution is -2.45. The van der Waals surface area contributed by atoms with Gasteiger partial charge in [-0.25, -0.2) is 14.2 Å². The van der Waals surface area contributed by atoms with Crippen molar-refractivity contribution in [1.82, 2.24) is 19.8 Å². The minimum absolute atomic E-state index is 0.125. The first-order chi connectivity index (χ1) is 13.2. The van der Waals surface area contributed by atoms with Gasteiger partial charge in [0.25, 0.3) is 0 Å². The summed E-state index contributed by atoms with van der Waals surface area (Å²) in [6.07, 6.45) is 9.94. The van der Waals surface area contributed by atoms with Crippen LogP contribution in [0.15, 0.2) is 36.7 Å². The summed E-state index contributed by atoms with van der Waals surface area (Å²) in [4.78, 5) is 19.0. The number of rotatable bonds is 5. The molecule has 1 aromatic carbocycles. The summed E-state index contributed by atoms with van der Waals surface area (Å²) >= 11 is 0. The lowest BCUT2D eigenvalue weighted by molar-refractivity contribution is 0.176. The molecular weight excluding hydrogens is 343 g/mol. The molecule has 0 bridgehead atoms. The molecule has 144 valence electrons. The van der Waals surface area contributed by atoms with Crippen LogP contribution in [-0.2, 0) is 13.1 Å². The van der Waals surface area contributed by atoms with Crippen LogP contribution in [0.1, 0.15) is 49.4 Å². The highest BCUT2D eigenvalue weighted by Crippen LogP contribution is 2.31. The summed E-state index contributed by atoms with van der Waals surface area (Å²) in [6.45, 7) is 2.67. The molecule has 2 heterocycles. The standard InChI is InChI=1S/C21H27FN4O/c22-19-9-2-1-7-17(19)13-24-21(27)26-11-4-8-18(15-26)20-23-10-12-25(20)14-16-5-3-6-16/h1-2,7,9-10,12,16,18H,3-6,8,11,13-15H2,(H,24,27). The lowest BCUT2D eigenvalue weighted by Gasteiger charge is -2.33. The van der Waals surface area contributed by atoms with Gasteiger partial charge in [-0.05, 0) is 37.7 Å². The average molecular weight is 370 g/mol. The van der Waals surface area contributed by atoms with E-state index in [1.54, 1.807) is 18.2 Å². The number of imidazole rings is 1. The zero-order valence-corrected chi connectivity index (χ0v) is 15.6. The summed E-state index contributed by atoms with van der Waals surface area (Å²) in [7, 11) is 0. The molecule has 2 amide bonds. The van der Waals surface area contributed by atoms with Crippen LogP contribution in [0.4, 0.5) is 9.18 Å². The molecule has 27 heavy (non-hydrogen) atoms. The summed E-state index contributed by atoms with van der Waals surface area (Å²) in [5, 5.41) is 2.86. The largest absolute Gasteiger partial charge is 0.334 e. The number of nitrogens with zero attached hydrogens (tertiary/aromatic N) is 3. The van der Waals surface area contributed by atoms with E-state index in [0.717, 1.165) is 37.7 Å². The monoisotopic (exact) mass is 370 g/mol. The van der Waals surface area contributed by atoms with Crippen molar-refractivity contribution in [3.8, 4) is 0 Å². The predicted molar refractivity (Wildman–Crippen MR) is 102 cm³/mol. The van der Waals surface area contributed by atoms with Crippen molar-refractivity contribution in [2.45, 2.75) is 51.1 Å². The fourth-order valence-corrected chi connectivity index (χ4v) is 4.09. The predicted octanol–water partition coefficient (Wildman–Crippen LogP) is 3.91. The van der Waals surface area contributed by atoms with E-state index in [4.69, 9.17) is 0 Å². The van der Waals surface area contributed by atoms with E-state index in [1.165, 1.54) is 25.3 Å². The van der Waals surface area contributed by atoms with Gasteiger partial charge in [-0.2, -0.15) is 0 Å². The zero-order valence-electron chi connectivity index (χ0n) is 15.6. The molecule has 2 aromatic rings. The van der Waals surface area contributed by atoms with Gasteiger partial charge in [0, 0.05) is 50.1 Å². The molecular formula is C21H27FN4O. The normalized spacial score (nSPS) is 20.3. The molecule has 1 aliphatic carbocycles. The Morgan fingerprint density at radius 2 is 2.07 bits per heavy atom. The van der Waals surface area contributed by atoms with E-state index in [9.17, 15) is 9.18 Å². The number of urea groups is 1. The summed E-state index contributed by atoms with van der Waals surface area (Å²) in [5.41, 5.74) is 0.510. The highest BCUT2D eigenvalue weighted by atomic mass is 19.1. The maximum absolute atomic E-state index is 13.7. The van der Waals surface area contributed by atoms with Crippen molar-refractivity contribution in [2.24, 2.45) is 5.92 Å². The Kier molecular flexibility index (Phi) is 5.41. The SMILES string of the molecule is O=C(NCc1ccccc1F)N1CCCC(c2nccn2CC2CCC2)C1. The van der Waals surface area contributed by atoms with Gasteiger partial charge in [0.1, 0.15) is 11.6 Å². The molecule has 5 nitrogen and oxygen atoms in total. The Morgan fingerprint density at radius 3 is 2.85 bits per heavy atom. The Hall–Kier alpha value is -2.37. The third-order valence-electron chi connectivity index (χ3n) is 5.89. The molecule has 1 saturated heterocycles. The van der Waals surface area contributed by atoms with Crippen LogP contribution in [0.25, 0.3) is 0 Å². The molecule has 2 fully saturated rings. The fraction of sp³-hybridized carbons (Fsp3) is 0.524. The molecule has 0 radical (unpaired) electrons. The van der Waals surface area contributed by atoms with Crippen molar-refractivity contribution >= 4 is 6.03 Å². The Balaban J connectivity index is 1.36. The third-order valence-corrected chi connectivity index (χ3v) is 5.89. The van der Waals surface area contributed by atoms with Crippen LogP contribution < -0.4 is 5.32 Å². The molecule has 1 saturated carbocycles. The second kappa shape index (κ2) is 8.11. The quantitative estimate of drug-likeness (QED) is 0.867. The smallest absolute Gasteiger partial charge is 0.317 e. The first-order valence-electron chi connectivity index (χ1n) is 9.98. The van der Waals surface area contributed by atoms with Crippen molar-refractivity contribution in [1.29, 1.82) is 0 Å². The second-order valence-corrected chi connectivity index (χ2v) is 7.77. The molecule has 2 aliphatic rings. The van der Waals surface area contributed by atoms with Crippen molar-refractivity contribution < 1.29 is 9.18 Å². The third kappa shape index (κ3) is 4.15. The van der Waals surface area contributed by atoms with Crippen LogP contribution in [-0.4, -0.2) is 33.6 Å². The Bertz CT molecular complexity index is 786. The molecule has 4 rings (SSSR count). The van der Waals surface area contributed by atoms with Crippen molar-refractivity contribution in [3.05, 3.63) is 53.9 Å². The van der Waals surface area contributed by atoms with Gasteiger partial charge in [0.05, 0.1) is 0 Å². The number of hydrogen-bond acceptors (Lipinski definition) is 2. The topological polar surface area (TPSA) is 50.2 Å². The van der Waals surface area contributed by atoms with Crippen LogP contribution in [0.5, 0.6) is 0 Å². The highest BCUT2D eigenvalue weighted by Gasteiger charge is 2.28. The van der Waals surface area contributed by atoms with Gasteiger partial charge >= 0.3 is 6.03 Å². The molecule has 1 atom stereocenters. The van der Waals surface area contributed by atoms with Crippen molar-refractivity contribution in [2.75, 3.05) is 13.1 Å². The van der Waals surface area contributed by atoms with Crippen LogP contribution >= 0.6 is 0 Å². The molecule has 1 aliphatic heterocycles. The van der Waals surface area contributed by atoms with Gasteiger partial charge in [-0.1, -0.05) is 24.6 Å². The van der Waals surface area contributed by atoms with Gasteiger partial charge in [0.15, 0.2) is 0 Å². The van der Waals surface area contributed by atoms with E-state index in [-0.39, 0.29) is 24.3 Å². The lowest BCUT2D eigenvalue weighted by atomic mass is 9.85. The van der Waals surface area contributed by atoms with E-state index in [0.29, 0.717) is 12.1 Å². The van der Waals surface area contributed by atoms with Gasteiger partial charge in [-0.15, -0.1) is 0 Å². The first-order valence-corrected chi connectivity index (χ1v) is 9.98. The van der Waals surface area contributed by atoms with Crippen LogP contribution in [0.3, 0.4) is 0 Å². The number of piperidine rings is 1. The van der Waals surface area contributed by atoms with E-state index >= 15 is 0 Å². The number of halogens is 1. The number of nitrogens with one attached hydrogen (secondary N) is 1. The Morgan fingerprint density at radius 1 is 1.22 bits per heavy atom. The number of carbonyl (C=O) groups excluding carboxylic acids is 1. The maximum Gasteiger partial charge on any atom is 0.317 e. The molecule has 0 spiro atoms. The minimum atomic E-state index is -0.285. The van der Waals surface area contributed by atoms with Gasteiger partial charge < -0.3 is 14.8 Å². The van der Waals surface area contributed by atoms with E-state index in [1.807, 2.05) is 11.1 Å². The maximum atomic E-state index is 13.7. The molecule has 1 unspecified atom stereocenters. The number of aromatic nitrogens is 2. The average Bonchev–Trinajstić information content (AvgIpc) is 3.12. The summed E-state index contributed by atoms with van der Waals surface area (Å²) in [6, 6.07) is 6.43. The van der Waals surface area contributed by atoms with E-state index < -0.39 is 0 Å². The number of amides is 2. The number of benzene rings is 1. The Labute approximate surface area is 159 Å². The summed E-state index contributed by atoms with van der Waals surface area (Å²) < 4.78 is 16.0.